The van der Waals surface area contributed by atoms with Crippen molar-refractivity contribution in [3.05, 3.63) is 58.1 Å². The van der Waals surface area contributed by atoms with Gasteiger partial charge in [-0.15, -0.1) is 11.3 Å². The number of carbonyl (C=O) groups is 2. The molecule has 1 aromatic carbocycles. The summed E-state index contributed by atoms with van der Waals surface area (Å²) in [6, 6.07) is 2.67. The van der Waals surface area contributed by atoms with Crippen molar-refractivity contribution < 1.29 is 31.9 Å². The maximum Gasteiger partial charge on any atom is 0.419 e. The first kappa shape index (κ1) is 25.7. The van der Waals surface area contributed by atoms with Gasteiger partial charge in [0.2, 0.25) is 0 Å². The number of halogens is 4. The van der Waals surface area contributed by atoms with E-state index in [-0.39, 0.29) is 41.0 Å². The highest BCUT2D eigenvalue weighted by Crippen LogP contribution is 2.34. The maximum atomic E-state index is 13.6. The summed E-state index contributed by atoms with van der Waals surface area (Å²) in [5.41, 5.74) is -0.903. The Labute approximate surface area is 208 Å². The van der Waals surface area contributed by atoms with Crippen molar-refractivity contribution in [2.75, 3.05) is 24.6 Å². The molecule has 1 fully saturated rings. The Morgan fingerprint density at radius 3 is 2.56 bits per heavy atom. The Morgan fingerprint density at radius 1 is 1.17 bits per heavy atom. The lowest BCUT2D eigenvalue weighted by molar-refractivity contribution is -0.148. The Balaban J connectivity index is 1.37. The highest BCUT2D eigenvalue weighted by Gasteiger charge is 2.34. The average molecular weight is 523 g/mol. The molecule has 0 amide bonds. The number of thiazole rings is 1. The predicted octanol–water partition coefficient (Wildman–Crippen LogP) is 4.96. The highest BCUT2D eigenvalue weighted by molar-refractivity contribution is 7.10. The number of piperidine rings is 1. The van der Waals surface area contributed by atoms with Gasteiger partial charge in [0.15, 0.2) is 5.78 Å². The number of carbonyl (C=O) groups excluding carboxylic acids is 2. The summed E-state index contributed by atoms with van der Waals surface area (Å²) < 4.78 is 57.6. The van der Waals surface area contributed by atoms with E-state index in [2.05, 4.69) is 15.0 Å². The molecule has 0 atom stereocenters. The lowest BCUT2D eigenvalue weighted by Gasteiger charge is -2.31. The van der Waals surface area contributed by atoms with Crippen LogP contribution in [0.25, 0.3) is 11.3 Å². The van der Waals surface area contributed by atoms with Crippen molar-refractivity contribution >= 4 is 28.9 Å². The van der Waals surface area contributed by atoms with Crippen molar-refractivity contribution in [1.82, 2.24) is 15.0 Å². The highest BCUT2D eigenvalue weighted by atomic mass is 32.1. The third-order valence-electron chi connectivity index (χ3n) is 5.79. The molecule has 4 rings (SSSR count). The minimum absolute atomic E-state index is 0.100. The fraction of sp³-hybridized carbons (Fsp3) is 0.375. The SMILES string of the molecule is CCOC(=O)C1CCN(c2cnc(C(=O)Cc3nc(-c4ccc(F)c(C(F)(F)F)c4)cs3)cn2)CC1. The van der Waals surface area contributed by atoms with Gasteiger partial charge in [0.05, 0.1) is 42.6 Å². The summed E-state index contributed by atoms with van der Waals surface area (Å²) >= 11 is 1.12. The van der Waals surface area contributed by atoms with Crippen LogP contribution in [-0.4, -0.2) is 46.4 Å². The Kier molecular flexibility index (Phi) is 7.62. The summed E-state index contributed by atoms with van der Waals surface area (Å²) in [7, 11) is 0. The molecule has 7 nitrogen and oxygen atoms in total. The second kappa shape index (κ2) is 10.7. The molecule has 3 heterocycles. The number of Topliss-reactive ketones (excluding diaryl/α,β-unsaturated/α-hetero) is 1. The molecule has 190 valence electrons. The van der Waals surface area contributed by atoms with Crippen LogP contribution in [0.5, 0.6) is 0 Å². The largest absolute Gasteiger partial charge is 0.466 e. The number of alkyl halides is 3. The van der Waals surface area contributed by atoms with Crippen molar-refractivity contribution in [1.29, 1.82) is 0 Å². The van der Waals surface area contributed by atoms with Crippen LogP contribution in [0, 0.1) is 11.7 Å². The Morgan fingerprint density at radius 2 is 1.92 bits per heavy atom. The lowest BCUT2D eigenvalue weighted by atomic mass is 9.97. The third-order valence-corrected chi connectivity index (χ3v) is 6.64. The molecule has 1 aliphatic heterocycles. The van der Waals surface area contributed by atoms with Gasteiger partial charge in [0.25, 0.3) is 0 Å². The minimum atomic E-state index is -4.82. The molecule has 2 aromatic heterocycles. The summed E-state index contributed by atoms with van der Waals surface area (Å²) in [4.78, 5) is 39.3. The zero-order valence-corrected chi connectivity index (χ0v) is 20.0. The quantitative estimate of drug-likeness (QED) is 0.246. The van der Waals surface area contributed by atoms with Crippen LogP contribution >= 0.6 is 11.3 Å². The molecule has 1 aliphatic rings. The fourth-order valence-electron chi connectivity index (χ4n) is 3.89. The van der Waals surface area contributed by atoms with Crippen molar-refractivity contribution in [3.63, 3.8) is 0 Å². The molecule has 0 saturated carbocycles. The number of rotatable bonds is 7. The van der Waals surface area contributed by atoms with E-state index in [9.17, 15) is 27.2 Å². The number of aromatic nitrogens is 3. The van der Waals surface area contributed by atoms with Crippen molar-refractivity contribution in [2.24, 2.45) is 5.92 Å². The molecular formula is C24H22F4N4O3S. The molecule has 36 heavy (non-hydrogen) atoms. The van der Waals surface area contributed by atoms with Crippen molar-refractivity contribution in [3.8, 4) is 11.3 Å². The van der Waals surface area contributed by atoms with Gasteiger partial charge >= 0.3 is 12.1 Å². The monoisotopic (exact) mass is 522 g/mol. The summed E-state index contributed by atoms with van der Waals surface area (Å²) in [6.07, 6.45) is -0.757. The number of nitrogens with zero attached hydrogens (tertiary/aromatic N) is 4. The molecule has 0 bridgehead atoms. The van der Waals surface area contributed by atoms with Gasteiger partial charge in [-0.05, 0) is 38.0 Å². The number of esters is 1. The second-order valence-corrected chi connectivity index (χ2v) is 9.13. The molecule has 12 heteroatoms. The summed E-state index contributed by atoms with van der Waals surface area (Å²) in [6.45, 7) is 3.37. The van der Waals surface area contributed by atoms with Crippen LogP contribution in [-0.2, 0) is 22.1 Å². The van der Waals surface area contributed by atoms with E-state index in [1.54, 1.807) is 6.92 Å². The average Bonchev–Trinajstić information content (AvgIpc) is 3.32. The van der Waals surface area contributed by atoms with Gasteiger partial charge in [-0.3, -0.25) is 9.59 Å². The smallest absolute Gasteiger partial charge is 0.419 e. The van der Waals surface area contributed by atoms with E-state index in [4.69, 9.17) is 4.74 Å². The maximum absolute atomic E-state index is 13.6. The number of ether oxygens (including phenoxy) is 1. The van der Waals surface area contributed by atoms with Gasteiger partial charge in [0.1, 0.15) is 22.3 Å². The first-order chi connectivity index (χ1) is 17.2. The second-order valence-electron chi connectivity index (χ2n) is 8.19. The molecular weight excluding hydrogens is 500 g/mol. The topological polar surface area (TPSA) is 85.3 Å². The predicted molar refractivity (Wildman–Crippen MR) is 124 cm³/mol. The lowest BCUT2D eigenvalue weighted by Crippen LogP contribution is -2.37. The number of ketones is 1. The summed E-state index contributed by atoms with van der Waals surface area (Å²) in [5.74, 6) is -1.42. The van der Waals surface area contributed by atoms with Crippen LogP contribution in [0.2, 0.25) is 0 Å². The molecule has 0 radical (unpaired) electrons. The molecule has 0 spiro atoms. The normalized spacial score (nSPS) is 14.6. The van der Waals surface area contributed by atoms with Crippen LogP contribution in [0.4, 0.5) is 23.4 Å². The van der Waals surface area contributed by atoms with E-state index < -0.39 is 17.6 Å². The number of hydrogen-bond donors (Lipinski definition) is 0. The molecule has 0 aliphatic carbocycles. The molecule has 1 saturated heterocycles. The van der Waals surface area contributed by atoms with Crippen LogP contribution < -0.4 is 4.90 Å². The standard InChI is InChI=1S/C24H22F4N4O3S/c1-2-35-23(34)14-5-7-32(8-6-14)21-12-29-18(11-30-21)20(33)10-22-31-19(13-36-22)15-3-4-17(25)16(9-15)24(26,27)28/h3-4,9,11-14H,2,5-8,10H2,1H3. The van der Waals surface area contributed by atoms with Gasteiger partial charge in [-0.2, -0.15) is 13.2 Å². The molecule has 3 aromatic rings. The van der Waals surface area contributed by atoms with E-state index in [0.29, 0.717) is 49.4 Å². The summed E-state index contributed by atoms with van der Waals surface area (Å²) in [5, 5.41) is 1.91. The van der Waals surface area contributed by atoms with E-state index >= 15 is 0 Å². The number of hydrogen-bond acceptors (Lipinski definition) is 8. The van der Waals surface area contributed by atoms with E-state index in [1.807, 2.05) is 4.90 Å². The minimum Gasteiger partial charge on any atom is -0.466 e. The molecule has 0 unspecified atom stereocenters. The fourth-order valence-corrected chi connectivity index (χ4v) is 4.69. The number of anilines is 1. The molecule has 0 N–H and O–H groups in total. The zero-order valence-electron chi connectivity index (χ0n) is 19.2. The Bertz CT molecular complexity index is 1240. The van der Waals surface area contributed by atoms with Gasteiger partial charge in [0, 0.05) is 24.0 Å². The van der Waals surface area contributed by atoms with Gasteiger partial charge in [-0.1, -0.05) is 0 Å². The van der Waals surface area contributed by atoms with E-state index in [0.717, 1.165) is 17.4 Å². The first-order valence-electron chi connectivity index (χ1n) is 11.2. The third kappa shape index (κ3) is 5.86. The Hall–Kier alpha value is -3.41. The van der Waals surface area contributed by atoms with Crippen LogP contribution in [0.3, 0.4) is 0 Å². The van der Waals surface area contributed by atoms with Gasteiger partial charge in [-0.25, -0.2) is 19.3 Å². The zero-order chi connectivity index (χ0) is 25.9. The first-order valence-corrected chi connectivity index (χ1v) is 12.1. The van der Waals surface area contributed by atoms with Crippen LogP contribution in [0.15, 0.2) is 36.0 Å². The van der Waals surface area contributed by atoms with Crippen molar-refractivity contribution in [2.45, 2.75) is 32.4 Å². The van der Waals surface area contributed by atoms with Gasteiger partial charge < -0.3 is 9.64 Å². The number of benzene rings is 1. The van der Waals surface area contributed by atoms with Crippen LogP contribution in [0.1, 0.15) is 40.8 Å². The van der Waals surface area contributed by atoms with E-state index in [1.165, 1.54) is 23.8 Å².